The van der Waals surface area contributed by atoms with Crippen molar-refractivity contribution in [2.24, 2.45) is 0 Å². The van der Waals surface area contributed by atoms with Gasteiger partial charge in [-0.2, -0.15) is 0 Å². The second kappa shape index (κ2) is 7.32. The minimum Gasteiger partial charge on any atom is -0.331 e. The van der Waals surface area contributed by atoms with E-state index in [0.29, 0.717) is 27.6 Å². The van der Waals surface area contributed by atoms with E-state index in [2.05, 4.69) is 15.6 Å². The molecular formula is C18H16N4O3S. The predicted molar refractivity (Wildman–Crippen MR) is 103 cm³/mol. The van der Waals surface area contributed by atoms with Gasteiger partial charge >= 0.3 is 0 Å². The van der Waals surface area contributed by atoms with Gasteiger partial charge < -0.3 is 10.6 Å². The molecule has 0 saturated carbocycles. The van der Waals surface area contributed by atoms with Crippen molar-refractivity contribution < 1.29 is 9.72 Å². The molecule has 0 spiro atoms. The molecule has 0 unspecified atom stereocenters. The lowest BCUT2D eigenvalue weighted by molar-refractivity contribution is -0.385. The lowest BCUT2D eigenvalue weighted by Gasteiger charge is -2.06. The fraction of sp³-hybridized carbons (Fsp3) is 0.111. The minimum absolute atomic E-state index is 0.0769. The van der Waals surface area contributed by atoms with E-state index in [1.807, 2.05) is 23.6 Å². The Labute approximate surface area is 153 Å². The van der Waals surface area contributed by atoms with Crippen molar-refractivity contribution >= 4 is 39.4 Å². The molecule has 0 bridgehead atoms. The summed E-state index contributed by atoms with van der Waals surface area (Å²) in [6.45, 7) is 3.16. The topological polar surface area (TPSA) is 97.2 Å². The molecule has 3 aromatic rings. The number of benzene rings is 2. The third kappa shape index (κ3) is 4.04. The summed E-state index contributed by atoms with van der Waals surface area (Å²) >= 11 is 1.40. The van der Waals surface area contributed by atoms with Crippen molar-refractivity contribution in [2.75, 3.05) is 10.6 Å². The number of aromatic nitrogens is 1. The average Bonchev–Trinajstić information content (AvgIpc) is 3.03. The number of nitrogens with one attached hydrogen (secondary N) is 2. The monoisotopic (exact) mass is 368 g/mol. The van der Waals surface area contributed by atoms with E-state index in [-0.39, 0.29) is 11.6 Å². The van der Waals surface area contributed by atoms with Crippen molar-refractivity contribution in [1.29, 1.82) is 0 Å². The van der Waals surface area contributed by atoms with Crippen molar-refractivity contribution in [3.8, 4) is 11.3 Å². The zero-order valence-electron chi connectivity index (χ0n) is 14.1. The Morgan fingerprint density at radius 2 is 1.96 bits per heavy atom. The summed E-state index contributed by atoms with van der Waals surface area (Å²) < 4.78 is 0. The molecule has 1 aromatic heterocycles. The zero-order valence-corrected chi connectivity index (χ0v) is 15.0. The highest BCUT2D eigenvalue weighted by molar-refractivity contribution is 7.14. The molecule has 1 heterocycles. The summed E-state index contributed by atoms with van der Waals surface area (Å²) in [5, 5.41) is 19.5. The summed E-state index contributed by atoms with van der Waals surface area (Å²) in [5.74, 6) is -0.139. The number of nitro groups is 1. The van der Waals surface area contributed by atoms with Gasteiger partial charge in [-0.1, -0.05) is 18.2 Å². The number of hydrogen-bond donors (Lipinski definition) is 2. The van der Waals surface area contributed by atoms with Crippen LogP contribution in [0.3, 0.4) is 0 Å². The van der Waals surface area contributed by atoms with Crippen LogP contribution in [0.2, 0.25) is 0 Å². The number of amides is 1. The molecule has 2 N–H and O–H groups in total. The summed E-state index contributed by atoms with van der Waals surface area (Å²) in [6.07, 6.45) is 0. The minimum atomic E-state index is -0.391. The molecule has 0 saturated heterocycles. The van der Waals surface area contributed by atoms with Crippen LogP contribution in [0.15, 0.2) is 47.8 Å². The summed E-state index contributed by atoms with van der Waals surface area (Å²) in [6, 6.07) is 12.4. The molecule has 132 valence electrons. The number of carbonyl (C=O) groups excluding carboxylic acids is 1. The van der Waals surface area contributed by atoms with Crippen LogP contribution in [0, 0.1) is 17.0 Å². The van der Waals surface area contributed by atoms with E-state index in [0.717, 1.165) is 5.69 Å². The number of nitrogens with zero attached hydrogens (tertiary/aromatic N) is 2. The number of aryl methyl sites for hydroxylation is 1. The van der Waals surface area contributed by atoms with Gasteiger partial charge in [-0.3, -0.25) is 14.9 Å². The van der Waals surface area contributed by atoms with Crippen LogP contribution in [0.4, 0.5) is 22.2 Å². The fourth-order valence-corrected chi connectivity index (χ4v) is 3.17. The van der Waals surface area contributed by atoms with E-state index in [4.69, 9.17) is 0 Å². The highest BCUT2D eigenvalue weighted by atomic mass is 32.1. The molecule has 0 aliphatic heterocycles. The molecule has 26 heavy (non-hydrogen) atoms. The van der Waals surface area contributed by atoms with Gasteiger partial charge in [-0.25, -0.2) is 4.98 Å². The fourth-order valence-electron chi connectivity index (χ4n) is 2.43. The molecule has 0 radical (unpaired) electrons. The molecule has 2 aromatic carbocycles. The van der Waals surface area contributed by atoms with Crippen LogP contribution in [0.1, 0.15) is 12.5 Å². The van der Waals surface area contributed by atoms with Gasteiger partial charge in [0.25, 0.3) is 5.69 Å². The molecule has 0 fully saturated rings. The van der Waals surface area contributed by atoms with Crippen molar-refractivity contribution in [2.45, 2.75) is 13.8 Å². The Balaban J connectivity index is 1.81. The zero-order chi connectivity index (χ0) is 18.7. The van der Waals surface area contributed by atoms with Crippen LogP contribution < -0.4 is 10.6 Å². The van der Waals surface area contributed by atoms with Crippen LogP contribution >= 0.6 is 11.3 Å². The Morgan fingerprint density at radius 1 is 1.19 bits per heavy atom. The number of nitro benzene ring substituents is 1. The lowest BCUT2D eigenvalue weighted by Crippen LogP contribution is -2.05. The standard InChI is InChI=1S/C18H16N4O3S/c1-11-6-7-13(8-17(11)22(24)25)16-10-26-18(21-16)20-15-5-3-4-14(9-15)19-12(2)23/h3-10H,1-2H3,(H,19,23)(H,20,21). The van der Waals surface area contributed by atoms with Gasteiger partial charge in [0.15, 0.2) is 5.13 Å². The molecule has 0 aliphatic rings. The molecule has 1 amide bonds. The molecule has 0 atom stereocenters. The Bertz CT molecular complexity index is 984. The Hall–Kier alpha value is -3.26. The molecule has 0 aliphatic carbocycles. The lowest BCUT2D eigenvalue weighted by atomic mass is 10.1. The SMILES string of the molecule is CC(=O)Nc1cccc(Nc2nc(-c3ccc(C)c([N+](=O)[O-])c3)cs2)c1. The molecule has 8 heteroatoms. The van der Waals surface area contributed by atoms with Crippen LogP contribution in [0.5, 0.6) is 0 Å². The van der Waals surface area contributed by atoms with Crippen LogP contribution in [0.25, 0.3) is 11.3 Å². The maximum atomic E-state index is 11.2. The van der Waals surface area contributed by atoms with Gasteiger partial charge in [0.2, 0.25) is 5.91 Å². The van der Waals surface area contributed by atoms with Gasteiger partial charge in [0.05, 0.1) is 10.6 Å². The van der Waals surface area contributed by atoms with Crippen molar-refractivity contribution in [3.05, 3.63) is 63.5 Å². The first kappa shape index (κ1) is 17.6. The summed E-state index contributed by atoms with van der Waals surface area (Å²) in [4.78, 5) is 26.4. The molecule has 3 rings (SSSR count). The average molecular weight is 368 g/mol. The first-order valence-corrected chi connectivity index (χ1v) is 8.66. The number of rotatable bonds is 5. The predicted octanol–water partition coefficient (Wildman–Crippen LogP) is 4.73. The van der Waals surface area contributed by atoms with Gasteiger partial charge in [0.1, 0.15) is 0 Å². The maximum Gasteiger partial charge on any atom is 0.272 e. The van der Waals surface area contributed by atoms with Crippen LogP contribution in [-0.2, 0) is 4.79 Å². The third-order valence-corrected chi connectivity index (χ3v) is 4.40. The molecular weight excluding hydrogens is 352 g/mol. The van der Waals surface area contributed by atoms with E-state index in [9.17, 15) is 14.9 Å². The summed E-state index contributed by atoms with van der Waals surface area (Å²) in [7, 11) is 0. The Kier molecular flexibility index (Phi) is 4.94. The third-order valence-electron chi connectivity index (χ3n) is 3.64. The second-order valence-corrected chi connectivity index (χ2v) is 6.54. The number of anilines is 3. The van der Waals surface area contributed by atoms with Crippen molar-refractivity contribution in [3.63, 3.8) is 0 Å². The highest BCUT2D eigenvalue weighted by Gasteiger charge is 2.13. The van der Waals surface area contributed by atoms with E-state index in [1.165, 1.54) is 24.3 Å². The number of thiazole rings is 1. The smallest absolute Gasteiger partial charge is 0.272 e. The van der Waals surface area contributed by atoms with Crippen LogP contribution in [-0.4, -0.2) is 15.8 Å². The Morgan fingerprint density at radius 3 is 2.69 bits per heavy atom. The van der Waals surface area contributed by atoms with E-state index < -0.39 is 4.92 Å². The first-order chi connectivity index (χ1) is 12.4. The van der Waals surface area contributed by atoms with E-state index in [1.54, 1.807) is 25.1 Å². The van der Waals surface area contributed by atoms with Gasteiger partial charge in [-0.15, -0.1) is 11.3 Å². The first-order valence-electron chi connectivity index (χ1n) is 7.78. The highest BCUT2D eigenvalue weighted by Crippen LogP contribution is 2.31. The largest absolute Gasteiger partial charge is 0.331 e. The molecule has 7 nitrogen and oxygen atoms in total. The number of hydrogen-bond acceptors (Lipinski definition) is 6. The quantitative estimate of drug-likeness (QED) is 0.501. The normalized spacial score (nSPS) is 10.4. The van der Waals surface area contributed by atoms with Crippen molar-refractivity contribution in [1.82, 2.24) is 4.98 Å². The van der Waals surface area contributed by atoms with E-state index >= 15 is 0 Å². The van der Waals surface area contributed by atoms with Gasteiger partial charge in [-0.05, 0) is 25.1 Å². The maximum absolute atomic E-state index is 11.2. The van der Waals surface area contributed by atoms with Gasteiger partial charge in [0, 0.05) is 40.9 Å². The summed E-state index contributed by atoms with van der Waals surface area (Å²) in [5.41, 5.74) is 3.52. The number of carbonyl (C=O) groups is 1. The second-order valence-electron chi connectivity index (χ2n) is 5.68.